The third kappa shape index (κ3) is 8.72. The van der Waals surface area contributed by atoms with E-state index in [9.17, 15) is 0 Å². The summed E-state index contributed by atoms with van der Waals surface area (Å²) in [4.78, 5) is 0. The van der Waals surface area contributed by atoms with Crippen molar-refractivity contribution >= 4 is 0 Å². The summed E-state index contributed by atoms with van der Waals surface area (Å²) in [6, 6.07) is 4.19. The van der Waals surface area contributed by atoms with Gasteiger partial charge < -0.3 is 0 Å². The first-order valence-corrected chi connectivity index (χ1v) is 6.83. The molecule has 0 aliphatic rings. The van der Waals surface area contributed by atoms with Crippen molar-refractivity contribution in [2.75, 3.05) is 0 Å². The Kier molecular flexibility index (Phi) is 10.7. The zero-order chi connectivity index (χ0) is 12.9. The monoisotopic (exact) mass is 235 g/mol. The highest BCUT2D eigenvalue weighted by Gasteiger charge is 2.13. The van der Waals surface area contributed by atoms with Crippen LogP contribution < -0.4 is 5.32 Å². The van der Waals surface area contributed by atoms with Gasteiger partial charge in [-0.1, -0.05) is 52.4 Å². The summed E-state index contributed by atoms with van der Waals surface area (Å²) >= 11 is 0. The highest BCUT2D eigenvalue weighted by molar-refractivity contribution is 4.98. The number of rotatable bonds is 10. The van der Waals surface area contributed by atoms with E-state index in [4.69, 9.17) is 10.5 Å². The van der Waals surface area contributed by atoms with E-state index in [0.717, 1.165) is 51.4 Å². The van der Waals surface area contributed by atoms with E-state index >= 15 is 0 Å². The second-order valence-corrected chi connectivity index (χ2v) is 4.52. The highest BCUT2D eigenvalue weighted by Crippen LogP contribution is 2.07. The minimum atomic E-state index is -0.159. The van der Waals surface area contributed by atoms with Crippen LogP contribution in [0.1, 0.15) is 65.2 Å². The third-order valence-corrected chi connectivity index (χ3v) is 2.91. The molecule has 0 saturated heterocycles. The number of unbranched alkanes of at least 4 members (excludes halogenated alkanes) is 4. The smallest absolute Gasteiger partial charge is 0.0962 e. The van der Waals surface area contributed by atoms with Crippen LogP contribution in [-0.2, 0) is 0 Å². The second kappa shape index (κ2) is 11.4. The lowest BCUT2D eigenvalue weighted by atomic mass is 10.1. The van der Waals surface area contributed by atoms with Crippen molar-refractivity contribution in [2.45, 2.75) is 77.3 Å². The molecule has 3 heteroatoms. The SMILES string of the molecule is CCCCCC(C#N)NC(C#N)CCCCC. The van der Waals surface area contributed by atoms with Crippen molar-refractivity contribution in [1.29, 1.82) is 10.5 Å². The van der Waals surface area contributed by atoms with Gasteiger partial charge in [-0.15, -0.1) is 0 Å². The Hall–Kier alpha value is -1.06. The molecule has 0 spiro atoms. The van der Waals surface area contributed by atoms with Crippen molar-refractivity contribution in [3.05, 3.63) is 0 Å². The van der Waals surface area contributed by atoms with Gasteiger partial charge in [0.05, 0.1) is 24.2 Å². The fourth-order valence-electron chi connectivity index (χ4n) is 1.81. The van der Waals surface area contributed by atoms with Crippen molar-refractivity contribution < 1.29 is 0 Å². The van der Waals surface area contributed by atoms with Gasteiger partial charge in [-0.3, -0.25) is 5.32 Å². The van der Waals surface area contributed by atoms with Crippen molar-refractivity contribution in [1.82, 2.24) is 5.32 Å². The Balaban J connectivity index is 3.88. The van der Waals surface area contributed by atoms with Crippen LogP contribution >= 0.6 is 0 Å². The van der Waals surface area contributed by atoms with Crippen LogP contribution in [0.5, 0.6) is 0 Å². The summed E-state index contributed by atoms with van der Waals surface area (Å²) in [5.41, 5.74) is 0. The van der Waals surface area contributed by atoms with E-state index < -0.39 is 0 Å². The van der Waals surface area contributed by atoms with Crippen LogP contribution in [0.3, 0.4) is 0 Å². The van der Waals surface area contributed by atoms with Crippen molar-refractivity contribution in [3.8, 4) is 12.1 Å². The third-order valence-electron chi connectivity index (χ3n) is 2.91. The fraction of sp³-hybridized carbons (Fsp3) is 0.857. The van der Waals surface area contributed by atoms with E-state index in [1.165, 1.54) is 0 Å². The van der Waals surface area contributed by atoms with E-state index in [1.54, 1.807) is 0 Å². The minimum Gasteiger partial charge on any atom is -0.287 e. The Morgan fingerprint density at radius 2 is 1.24 bits per heavy atom. The van der Waals surface area contributed by atoms with Crippen LogP contribution in [-0.4, -0.2) is 12.1 Å². The molecule has 0 aromatic rings. The van der Waals surface area contributed by atoms with Crippen molar-refractivity contribution in [2.24, 2.45) is 0 Å². The molecule has 0 radical (unpaired) electrons. The summed E-state index contributed by atoms with van der Waals surface area (Å²) in [6.45, 7) is 4.30. The Bertz CT molecular complexity index is 223. The molecule has 96 valence electrons. The number of nitriles is 2. The van der Waals surface area contributed by atoms with Gasteiger partial charge in [0.15, 0.2) is 0 Å². The van der Waals surface area contributed by atoms with Gasteiger partial charge in [-0.2, -0.15) is 10.5 Å². The molecule has 0 bridgehead atoms. The van der Waals surface area contributed by atoms with E-state index in [2.05, 4.69) is 31.3 Å². The Morgan fingerprint density at radius 3 is 1.53 bits per heavy atom. The molecule has 0 fully saturated rings. The zero-order valence-electron chi connectivity index (χ0n) is 11.2. The molecular formula is C14H25N3. The molecule has 0 aromatic heterocycles. The molecular weight excluding hydrogens is 210 g/mol. The van der Waals surface area contributed by atoms with E-state index in [-0.39, 0.29) is 12.1 Å². The van der Waals surface area contributed by atoms with Crippen LogP contribution in [0.25, 0.3) is 0 Å². The van der Waals surface area contributed by atoms with Crippen LogP contribution in [0.2, 0.25) is 0 Å². The molecule has 1 N–H and O–H groups in total. The minimum absolute atomic E-state index is 0.159. The van der Waals surface area contributed by atoms with Crippen LogP contribution in [0.4, 0.5) is 0 Å². The lowest BCUT2D eigenvalue weighted by Gasteiger charge is -2.15. The molecule has 17 heavy (non-hydrogen) atoms. The maximum atomic E-state index is 9.02. The molecule has 0 aliphatic carbocycles. The van der Waals surface area contributed by atoms with E-state index in [0.29, 0.717) is 0 Å². The van der Waals surface area contributed by atoms with Crippen LogP contribution in [0, 0.1) is 22.7 Å². The number of hydrogen-bond donors (Lipinski definition) is 1. The second-order valence-electron chi connectivity index (χ2n) is 4.52. The van der Waals surface area contributed by atoms with Crippen LogP contribution in [0.15, 0.2) is 0 Å². The Labute approximate surface area is 106 Å². The standard InChI is InChI=1S/C14H25N3/c1-3-5-7-9-13(11-15)17-14(12-16)10-8-6-4-2/h13-14,17H,3-10H2,1-2H3. The lowest BCUT2D eigenvalue weighted by molar-refractivity contribution is 0.465. The van der Waals surface area contributed by atoms with E-state index in [1.807, 2.05) is 0 Å². The molecule has 3 nitrogen and oxygen atoms in total. The fourth-order valence-corrected chi connectivity index (χ4v) is 1.81. The molecule has 2 atom stereocenters. The molecule has 0 amide bonds. The van der Waals surface area contributed by atoms with Gasteiger partial charge in [0.2, 0.25) is 0 Å². The van der Waals surface area contributed by atoms with Gasteiger partial charge in [0, 0.05) is 0 Å². The van der Waals surface area contributed by atoms with Gasteiger partial charge in [-0.25, -0.2) is 0 Å². The molecule has 0 rings (SSSR count). The molecule has 0 aromatic carbocycles. The largest absolute Gasteiger partial charge is 0.287 e. The quantitative estimate of drug-likeness (QED) is 0.589. The first-order valence-electron chi connectivity index (χ1n) is 6.83. The summed E-state index contributed by atoms with van der Waals surface area (Å²) in [5.74, 6) is 0. The first kappa shape index (κ1) is 15.9. The summed E-state index contributed by atoms with van der Waals surface area (Å²) in [5, 5.41) is 21.2. The predicted molar refractivity (Wildman–Crippen MR) is 70.2 cm³/mol. The zero-order valence-corrected chi connectivity index (χ0v) is 11.2. The molecule has 2 unspecified atom stereocenters. The maximum Gasteiger partial charge on any atom is 0.0962 e. The highest BCUT2D eigenvalue weighted by atomic mass is 14.9. The average molecular weight is 235 g/mol. The average Bonchev–Trinajstić information content (AvgIpc) is 2.36. The van der Waals surface area contributed by atoms with Gasteiger partial charge in [0.1, 0.15) is 0 Å². The predicted octanol–water partition coefficient (Wildman–Crippen LogP) is 3.52. The first-order chi connectivity index (χ1) is 8.28. The Morgan fingerprint density at radius 1 is 0.824 bits per heavy atom. The number of nitrogens with one attached hydrogen (secondary N) is 1. The molecule has 0 heterocycles. The maximum absolute atomic E-state index is 9.02. The molecule has 0 aliphatic heterocycles. The molecule has 0 saturated carbocycles. The number of hydrogen-bond acceptors (Lipinski definition) is 3. The summed E-state index contributed by atoms with van der Waals surface area (Å²) < 4.78 is 0. The number of nitrogens with zero attached hydrogens (tertiary/aromatic N) is 2. The topological polar surface area (TPSA) is 59.6 Å². The summed E-state index contributed by atoms with van der Waals surface area (Å²) in [7, 11) is 0. The van der Waals surface area contributed by atoms with Gasteiger partial charge in [-0.05, 0) is 12.8 Å². The normalized spacial score (nSPS) is 13.6. The van der Waals surface area contributed by atoms with Crippen molar-refractivity contribution in [3.63, 3.8) is 0 Å². The lowest BCUT2D eigenvalue weighted by Crippen LogP contribution is -2.36. The van der Waals surface area contributed by atoms with Gasteiger partial charge in [0.25, 0.3) is 0 Å². The van der Waals surface area contributed by atoms with Gasteiger partial charge >= 0.3 is 0 Å². The summed E-state index contributed by atoms with van der Waals surface area (Å²) in [6.07, 6.45) is 8.49.